The zero-order valence-corrected chi connectivity index (χ0v) is 15.2. The lowest BCUT2D eigenvalue weighted by molar-refractivity contribution is 0.590. The van der Waals surface area contributed by atoms with Gasteiger partial charge in [0.15, 0.2) is 0 Å². The fourth-order valence-corrected chi connectivity index (χ4v) is 3.18. The summed E-state index contributed by atoms with van der Waals surface area (Å²) in [5, 5.41) is 0.772. The molecule has 1 unspecified atom stereocenters. The fraction of sp³-hybridized carbons (Fsp3) is 0.217. The van der Waals surface area contributed by atoms with Gasteiger partial charge in [0.25, 0.3) is 0 Å². The van der Waals surface area contributed by atoms with Crippen molar-refractivity contribution in [1.29, 1.82) is 0 Å². The van der Waals surface area contributed by atoms with E-state index in [1.54, 1.807) is 0 Å². The SMILES string of the molecule is CC(C)(C)c1ccc(C(c2ccccc2)c2ccc(Cl)cc2)cc1. The van der Waals surface area contributed by atoms with Gasteiger partial charge in [-0.05, 0) is 39.8 Å². The summed E-state index contributed by atoms with van der Waals surface area (Å²) in [6, 6.07) is 27.8. The molecule has 0 aromatic heterocycles. The first-order valence-corrected chi connectivity index (χ1v) is 8.74. The van der Waals surface area contributed by atoms with Gasteiger partial charge in [0.1, 0.15) is 0 Å². The van der Waals surface area contributed by atoms with Crippen molar-refractivity contribution in [1.82, 2.24) is 0 Å². The van der Waals surface area contributed by atoms with Crippen molar-refractivity contribution in [2.75, 3.05) is 0 Å². The lowest BCUT2D eigenvalue weighted by Crippen LogP contribution is -2.11. The Morgan fingerprint density at radius 2 is 1.08 bits per heavy atom. The first kappa shape index (κ1) is 16.8. The molecular weight excluding hydrogens is 312 g/mol. The molecule has 0 N–H and O–H groups in total. The largest absolute Gasteiger partial charge is 0.0843 e. The zero-order chi connectivity index (χ0) is 17.2. The normalized spacial score (nSPS) is 12.8. The molecule has 0 heterocycles. The molecular formula is C23H23Cl. The third-order valence-corrected chi connectivity index (χ3v) is 4.70. The molecule has 3 aromatic carbocycles. The second-order valence-corrected chi connectivity index (χ2v) is 7.70. The molecule has 0 aliphatic carbocycles. The van der Waals surface area contributed by atoms with Crippen molar-refractivity contribution in [3.8, 4) is 0 Å². The second kappa shape index (κ2) is 6.83. The molecule has 0 bridgehead atoms. The maximum atomic E-state index is 6.08. The van der Waals surface area contributed by atoms with Crippen LogP contribution in [0.25, 0.3) is 0 Å². The summed E-state index contributed by atoms with van der Waals surface area (Å²) in [5.74, 6) is 0.220. The molecule has 0 saturated carbocycles. The van der Waals surface area contributed by atoms with Crippen LogP contribution in [0.2, 0.25) is 5.02 Å². The number of rotatable bonds is 3. The predicted octanol–water partition coefficient (Wildman–Crippen LogP) is 6.82. The van der Waals surface area contributed by atoms with Gasteiger partial charge in [-0.2, -0.15) is 0 Å². The van der Waals surface area contributed by atoms with E-state index in [0.717, 1.165) is 5.02 Å². The molecule has 0 saturated heterocycles. The molecule has 0 radical (unpaired) electrons. The number of halogens is 1. The Bertz CT molecular complexity index is 778. The van der Waals surface area contributed by atoms with Gasteiger partial charge in [-0.1, -0.05) is 99.1 Å². The Morgan fingerprint density at radius 1 is 0.625 bits per heavy atom. The van der Waals surface area contributed by atoms with Gasteiger partial charge in [0.05, 0.1) is 0 Å². The Kier molecular flexibility index (Phi) is 4.78. The van der Waals surface area contributed by atoms with Gasteiger partial charge in [-0.3, -0.25) is 0 Å². The molecule has 0 nitrogen and oxygen atoms in total. The Labute approximate surface area is 150 Å². The van der Waals surface area contributed by atoms with Gasteiger partial charge >= 0.3 is 0 Å². The summed E-state index contributed by atoms with van der Waals surface area (Å²) < 4.78 is 0. The van der Waals surface area contributed by atoms with Crippen molar-refractivity contribution < 1.29 is 0 Å². The standard InChI is InChI=1S/C23H23Cl/c1-23(2,3)20-13-9-18(10-14-20)22(17-7-5-4-6-8-17)19-11-15-21(24)16-12-19/h4-16,22H,1-3H3. The first-order valence-electron chi connectivity index (χ1n) is 8.36. The van der Waals surface area contributed by atoms with Crippen LogP contribution < -0.4 is 0 Å². The van der Waals surface area contributed by atoms with Crippen LogP contribution in [0.4, 0.5) is 0 Å². The molecule has 0 fully saturated rings. The monoisotopic (exact) mass is 334 g/mol. The summed E-state index contributed by atoms with van der Waals surface area (Å²) in [7, 11) is 0. The quantitative estimate of drug-likeness (QED) is 0.461. The molecule has 0 aliphatic rings. The van der Waals surface area contributed by atoms with E-state index >= 15 is 0 Å². The minimum absolute atomic E-state index is 0.168. The summed E-state index contributed by atoms with van der Waals surface area (Å²) in [5.41, 5.74) is 5.38. The highest BCUT2D eigenvalue weighted by atomic mass is 35.5. The average Bonchev–Trinajstić information content (AvgIpc) is 2.58. The maximum absolute atomic E-state index is 6.08. The minimum Gasteiger partial charge on any atom is -0.0843 e. The molecule has 3 rings (SSSR count). The van der Waals surface area contributed by atoms with E-state index in [4.69, 9.17) is 11.6 Å². The van der Waals surface area contributed by atoms with Crippen molar-refractivity contribution in [2.24, 2.45) is 0 Å². The lowest BCUT2D eigenvalue weighted by atomic mass is 9.82. The van der Waals surface area contributed by atoms with E-state index in [2.05, 4.69) is 87.5 Å². The third-order valence-electron chi connectivity index (χ3n) is 4.45. The van der Waals surface area contributed by atoms with E-state index < -0.39 is 0 Å². The highest BCUT2D eigenvalue weighted by Crippen LogP contribution is 2.33. The summed E-state index contributed by atoms with van der Waals surface area (Å²) in [4.78, 5) is 0. The first-order chi connectivity index (χ1) is 11.4. The number of benzene rings is 3. The molecule has 24 heavy (non-hydrogen) atoms. The van der Waals surface area contributed by atoms with E-state index in [0.29, 0.717) is 0 Å². The summed E-state index contributed by atoms with van der Waals surface area (Å²) in [6.45, 7) is 6.74. The topological polar surface area (TPSA) is 0 Å². The van der Waals surface area contributed by atoms with E-state index in [-0.39, 0.29) is 11.3 Å². The van der Waals surface area contributed by atoms with Gasteiger partial charge < -0.3 is 0 Å². The smallest absolute Gasteiger partial charge is 0.0406 e. The second-order valence-electron chi connectivity index (χ2n) is 7.27. The van der Waals surface area contributed by atoms with E-state index in [9.17, 15) is 0 Å². The van der Waals surface area contributed by atoms with Crippen LogP contribution in [0.3, 0.4) is 0 Å². The lowest BCUT2D eigenvalue weighted by Gasteiger charge is -2.22. The molecule has 0 aliphatic heterocycles. The van der Waals surface area contributed by atoms with Gasteiger partial charge in [-0.15, -0.1) is 0 Å². The molecule has 1 heteroatoms. The van der Waals surface area contributed by atoms with Crippen molar-refractivity contribution in [2.45, 2.75) is 32.1 Å². The Balaban J connectivity index is 2.06. The highest BCUT2D eigenvalue weighted by molar-refractivity contribution is 6.30. The molecule has 0 spiro atoms. The molecule has 1 atom stereocenters. The highest BCUT2D eigenvalue weighted by Gasteiger charge is 2.18. The zero-order valence-electron chi connectivity index (χ0n) is 14.5. The van der Waals surface area contributed by atoms with Crippen LogP contribution >= 0.6 is 11.6 Å². The van der Waals surface area contributed by atoms with Crippen LogP contribution in [0.5, 0.6) is 0 Å². The predicted molar refractivity (Wildman–Crippen MR) is 104 cm³/mol. The number of hydrogen-bond acceptors (Lipinski definition) is 0. The molecule has 3 aromatic rings. The van der Waals surface area contributed by atoms with Crippen LogP contribution in [-0.4, -0.2) is 0 Å². The Morgan fingerprint density at radius 3 is 1.58 bits per heavy atom. The van der Waals surface area contributed by atoms with Crippen molar-refractivity contribution >= 4 is 11.6 Å². The van der Waals surface area contributed by atoms with Crippen LogP contribution in [-0.2, 0) is 5.41 Å². The third kappa shape index (κ3) is 3.71. The van der Waals surface area contributed by atoms with E-state index in [1.807, 2.05) is 12.1 Å². The fourth-order valence-electron chi connectivity index (χ4n) is 3.05. The van der Waals surface area contributed by atoms with Crippen LogP contribution in [0, 0.1) is 0 Å². The summed E-state index contributed by atoms with van der Waals surface area (Å²) >= 11 is 6.08. The van der Waals surface area contributed by atoms with Crippen molar-refractivity contribution in [3.05, 3.63) is 106 Å². The van der Waals surface area contributed by atoms with Gasteiger partial charge in [0.2, 0.25) is 0 Å². The maximum Gasteiger partial charge on any atom is 0.0406 e. The Hall–Kier alpha value is -2.05. The molecule has 122 valence electrons. The van der Waals surface area contributed by atoms with Gasteiger partial charge in [0, 0.05) is 10.9 Å². The van der Waals surface area contributed by atoms with Crippen molar-refractivity contribution in [3.63, 3.8) is 0 Å². The average molecular weight is 335 g/mol. The minimum atomic E-state index is 0.168. The van der Waals surface area contributed by atoms with Crippen LogP contribution in [0.1, 0.15) is 48.9 Å². The van der Waals surface area contributed by atoms with E-state index in [1.165, 1.54) is 22.3 Å². The number of hydrogen-bond donors (Lipinski definition) is 0. The van der Waals surface area contributed by atoms with Crippen LogP contribution in [0.15, 0.2) is 78.9 Å². The summed E-state index contributed by atoms with van der Waals surface area (Å²) in [6.07, 6.45) is 0. The molecule has 0 amide bonds. The van der Waals surface area contributed by atoms with Gasteiger partial charge in [-0.25, -0.2) is 0 Å².